The first-order chi connectivity index (χ1) is 9.74. The van der Waals surface area contributed by atoms with Crippen LogP contribution in [0.15, 0.2) is 24.4 Å². The highest BCUT2D eigenvalue weighted by Crippen LogP contribution is 2.19. The zero-order valence-corrected chi connectivity index (χ0v) is 12.3. The Labute approximate surface area is 119 Å². The van der Waals surface area contributed by atoms with E-state index in [2.05, 4.69) is 32.5 Å². The van der Waals surface area contributed by atoms with Crippen LogP contribution in [0.4, 0.5) is 11.6 Å². The lowest BCUT2D eigenvalue weighted by molar-refractivity contribution is 0.907. The zero-order chi connectivity index (χ0) is 14.4. The third kappa shape index (κ3) is 3.44. The second-order valence-electron chi connectivity index (χ2n) is 4.56. The van der Waals surface area contributed by atoms with Crippen LogP contribution in [-0.4, -0.2) is 28.5 Å². The molecule has 106 valence electrons. The van der Waals surface area contributed by atoms with Crippen molar-refractivity contribution >= 4 is 11.6 Å². The third-order valence-corrected chi connectivity index (χ3v) is 3.14. The highest BCUT2D eigenvalue weighted by Gasteiger charge is 2.08. The summed E-state index contributed by atoms with van der Waals surface area (Å²) in [5, 5.41) is 6.49. The van der Waals surface area contributed by atoms with Crippen LogP contribution < -0.4 is 10.6 Å². The molecule has 0 spiro atoms. The lowest BCUT2D eigenvalue weighted by Gasteiger charge is -2.13. The summed E-state index contributed by atoms with van der Waals surface area (Å²) in [5.41, 5.74) is 2.13. The third-order valence-electron chi connectivity index (χ3n) is 3.14. The number of rotatable bonds is 6. The van der Waals surface area contributed by atoms with Gasteiger partial charge in [0.2, 0.25) is 0 Å². The topological polar surface area (TPSA) is 62.7 Å². The van der Waals surface area contributed by atoms with Crippen LogP contribution in [0.5, 0.6) is 0 Å². The number of hydrogen-bond acceptors (Lipinski definition) is 5. The summed E-state index contributed by atoms with van der Waals surface area (Å²) in [6, 6.07) is 5.97. The van der Waals surface area contributed by atoms with E-state index >= 15 is 0 Å². The minimum atomic E-state index is 0.807. The Kier molecular flexibility index (Phi) is 4.87. The summed E-state index contributed by atoms with van der Waals surface area (Å²) in [6.07, 6.45) is 3.52. The fraction of sp³-hybridized carbons (Fsp3) is 0.400. The van der Waals surface area contributed by atoms with Gasteiger partial charge in [-0.25, -0.2) is 9.97 Å². The normalized spacial score (nSPS) is 10.3. The van der Waals surface area contributed by atoms with Gasteiger partial charge in [-0.2, -0.15) is 0 Å². The molecule has 2 aromatic rings. The van der Waals surface area contributed by atoms with Gasteiger partial charge < -0.3 is 10.6 Å². The molecule has 0 saturated carbocycles. The monoisotopic (exact) mass is 271 g/mol. The van der Waals surface area contributed by atoms with Crippen molar-refractivity contribution in [3.63, 3.8) is 0 Å². The average Bonchev–Trinajstić information content (AvgIpc) is 2.50. The molecule has 2 rings (SSSR count). The van der Waals surface area contributed by atoms with E-state index in [9.17, 15) is 0 Å². The molecule has 0 bridgehead atoms. The Hall–Kier alpha value is -2.17. The lowest BCUT2D eigenvalue weighted by atomic mass is 10.2. The number of hydrogen-bond donors (Lipinski definition) is 2. The molecular weight excluding hydrogens is 250 g/mol. The maximum atomic E-state index is 4.55. The van der Waals surface area contributed by atoms with Gasteiger partial charge in [0.1, 0.15) is 17.5 Å². The zero-order valence-electron chi connectivity index (χ0n) is 12.3. The summed E-state index contributed by atoms with van der Waals surface area (Å²) in [6.45, 7) is 4.89. The quantitative estimate of drug-likeness (QED) is 0.845. The van der Waals surface area contributed by atoms with Crippen molar-refractivity contribution in [2.24, 2.45) is 0 Å². The number of aryl methyl sites for hydroxylation is 1. The van der Waals surface area contributed by atoms with Crippen molar-refractivity contribution in [3.8, 4) is 0 Å². The molecule has 0 fully saturated rings. The molecule has 0 saturated heterocycles. The Bertz CT molecular complexity index is 554. The molecule has 20 heavy (non-hydrogen) atoms. The first kappa shape index (κ1) is 14.2. The first-order valence-corrected chi connectivity index (χ1v) is 6.93. The molecule has 5 heteroatoms. The summed E-state index contributed by atoms with van der Waals surface area (Å²) in [4.78, 5) is 13.3. The summed E-state index contributed by atoms with van der Waals surface area (Å²) in [5.74, 6) is 2.63. The van der Waals surface area contributed by atoms with Gasteiger partial charge in [-0.15, -0.1) is 0 Å². The molecule has 0 amide bonds. The van der Waals surface area contributed by atoms with E-state index in [1.165, 1.54) is 0 Å². The van der Waals surface area contributed by atoms with E-state index in [4.69, 9.17) is 0 Å². The van der Waals surface area contributed by atoms with E-state index in [1.54, 1.807) is 0 Å². The highest BCUT2D eigenvalue weighted by atomic mass is 15.1. The highest BCUT2D eigenvalue weighted by molar-refractivity contribution is 5.57. The fourth-order valence-corrected chi connectivity index (χ4v) is 1.99. The molecule has 2 aromatic heterocycles. The van der Waals surface area contributed by atoms with Gasteiger partial charge in [0.15, 0.2) is 0 Å². The SMILES string of the molecule is CCc1nc(NC)c(C)c(NCCc2ccccn2)n1. The van der Waals surface area contributed by atoms with Crippen LogP contribution in [0.2, 0.25) is 0 Å². The Morgan fingerprint density at radius 3 is 2.60 bits per heavy atom. The van der Waals surface area contributed by atoms with E-state index in [-0.39, 0.29) is 0 Å². The fourth-order valence-electron chi connectivity index (χ4n) is 1.99. The molecule has 5 nitrogen and oxygen atoms in total. The van der Waals surface area contributed by atoms with Gasteiger partial charge in [0.25, 0.3) is 0 Å². The minimum Gasteiger partial charge on any atom is -0.373 e. The van der Waals surface area contributed by atoms with Crippen molar-refractivity contribution in [1.82, 2.24) is 15.0 Å². The van der Waals surface area contributed by atoms with Crippen LogP contribution in [0, 0.1) is 6.92 Å². The molecule has 0 radical (unpaired) electrons. The smallest absolute Gasteiger partial charge is 0.134 e. The maximum Gasteiger partial charge on any atom is 0.134 e. The van der Waals surface area contributed by atoms with Gasteiger partial charge in [0.05, 0.1) is 0 Å². The second-order valence-corrected chi connectivity index (χ2v) is 4.56. The molecule has 0 atom stereocenters. The van der Waals surface area contributed by atoms with Crippen LogP contribution in [0.25, 0.3) is 0 Å². The molecule has 2 heterocycles. The molecule has 0 unspecified atom stereocenters. The van der Waals surface area contributed by atoms with E-state index in [0.717, 1.165) is 48.1 Å². The predicted molar refractivity (Wildman–Crippen MR) is 82.1 cm³/mol. The number of pyridine rings is 1. The summed E-state index contributed by atoms with van der Waals surface area (Å²) in [7, 11) is 1.88. The van der Waals surface area contributed by atoms with Crippen molar-refractivity contribution in [3.05, 3.63) is 41.5 Å². The van der Waals surface area contributed by atoms with Crippen molar-refractivity contribution in [2.45, 2.75) is 26.7 Å². The van der Waals surface area contributed by atoms with Crippen molar-refractivity contribution < 1.29 is 0 Å². The molecule has 2 N–H and O–H groups in total. The number of nitrogens with one attached hydrogen (secondary N) is 2. The van der Waals surface area contributed by atoms with Gasteiger partial charge in [0, 0.05) is 43.9 Å². The number of anilines is 2. The standard InChI is InChI=1S/C15H21N5/c1-4-13-19-14(16-3)11(2)15(20-13)18-10-8-12-7-5-6-9-17-12/h5-7,9H,4,8,10H2,1-3H3,(H2,16,18,19,20). The summed E-state index contributed by atoms with van der Waals surface area (Å²) >= 11 is 0. The molecular formula is C15H21N5. The lowest BCUT2D eigenvalue weighted by Crippen LogP contribution is -2.12. The van der Waals surface area contributed by atoms with Crippen LogP contribution in [-0.2, 0) is 12.8 Å². The van der Waals surface area contributed by atoms with E-state index in [1.807, 2.05) is 38.4 Å². The molecule has 0 aliphatic carbocycles. The molecule has 0 aromatic carbocycles. The van der Waals surface area contributed by atoms with Crippen LogP contribution in [0.3, 0.4) is 0 Å². The number of nitrogens with zero attached hydrogens (tertiary/aromatic N) is 3. The van der Waals surface area contributed by atoms with E-state index in [0.29, 0.717) is 0 Å². The van der Waals surface area contributed by atoms with Gasteiger partial charge >= 0.3 is 0 Å². The summed E-state index contributed by atoms with van der Waals surface area (Å²) < 4.78 is 0. The molecule has 0 aliphatic heterocycles. The maximum absolute atomic E-state index is 4.55. The van der Waals surface area contributed by atoms with Crippen molar-refractivity contribution in [2.75, 3.05) is 24.2 Å². The Morgan fingerprint density at radius 1 is 1.15 bits per heavy atom. The minimum absolute atomic E-state index is 0.807. The molecule has 0 aliphatic rings. The van der Waals surface area contributed by atoms with Crippen molar-refractivity contribution in [1.29, 1.82) is 0 Å². The first-order valence-electron chi connectivity index (χ1n) is 6.93. The largest absolute Gasteiger partial charge is 0.373 e. The Balaban J connectivity index is 2.05. The van der Waals surface area contributed by atoms with Gasteiger partial charge in [-0.05, 0) is 19.1 Å². The van der Waals surface area contributed by atoms with Crippen LogP contribution in [0.1, 0.15) is 24.0 Å². The predicted octanol–water partition coefficient (Wildman–Crippen LogP) is 2.44. The second kappa shape index (κ2) is 6.84. The van der Waals surface area contributed by atoms with Gasteiger partial charge in [-0.1, -0.05) is 13.0 Å². The van der Waals surface area contributed by atoms with Crippen LogP contribution >= 0.6 is 0 Å². The van der Waals surface area contributed by atoms with E-state index < -0.39 is 0 Å². The van der Waals surface area contributed by atoms with Gasteiger partial charge in [-0.3, -0.25) is 4.98 Å². The Morgan fingerprint density at radius 2 is 1.95 bits per heavy atom. The average molecular weight is 271 g/mol. The number of aromatic nitrogens is 3.